The third kappa shape index (κ3) is 4.20. The highest BCUT2D eigenvalue weighted by molar-refractivity contribution is 5.98. The SMILES string of the molecule is Cc1ccc2oc(C(=O)N(C)CC(=O)Nc3cccc(F)c3)cc(=O)c2c1. The zero-order valence-corrected chi connectivity index (χ0v) is 14.8. The van der Waals surface area contributed by atoms with Crippen LogP contribution in [-0.4, -0.2) is 30.3 Å². The molecule has 0 aliphatic carbocycles. The van der Waals surface area contributed by atoms with Crippen molar-refractivity contribution in [1.82, 2.24) is 4.90 Å². The van der Waals surface area contributed by atoms with Crippen molar-refractivity contribution < 1.29 is 18.4 Å². The Morgan fingerprint density at radius 1 is 1.15 bits per heavy atom. The fraction of sp³-hybridized carbons (Fsp3) is 0.150. The number of anilines is 1. The molecule has 0 saturated carbocycles. The monoisotopic (exact) mass is 368 g/mol. The van der Waals surface area contributed by atoms with Crippen LogP contribution >= 0.6 is 0 Å². The topological polar surface area (TPSA) is 79.6 Å². The van der Waals surface area contributed by atoms with E-state index < -0.39 is 17.6 Å². The number of hydrogen-bond acceptors (Lipinski definition) is 4. The molecule has 0 bridgehead atoms. The minimum atomic E-state index is -0.607. The molecule has 0 spiro atoms. The summed E-state index contributed by atoms with van der Waals surface area (Å²) in [5.74, 6) is -1.75. The molecule has 0 atom stereocenters. The van der Waals surface area contributed by atoms with Gasteiger partial charge in [0.2, 0.25) is 5.91 Å². The summed E-state index contributed by atoms with van der Waals surface area (Å²) in [6.45, 7) is 1.56. The van der Waals surface area contributed by atoms with E-state index in [9.17, 15) is 18.8 Å². The Balaban J connectivity index is 1.75. The molecule has 6 nitrogen and oxygen atoms in total. The van der Waals surface area contributed by atoms with Crippen LogP contribution in [0.1, 0.15) is 16.1 Å². The summed E-state index contributed by atoms with van der Waals surface area (Å²) in [7, 11) is 1.41. The average molecular weight is 368 g/mol. The number of amides is 2. The Bertz CT molecular complexity index is 1090. The molecule has 2 amide bonds. The van der Waals surface area contributed by atoms with Crippen molar-refractivity contribution in [2.24, 2.45) is 0 Å². The van der Waals surface area contributed by atoms with Gasteiger partial charge in [0.25, 0.3) is 5.91 Å². The second kappa shape index (κ2) is 7.41. The first-order chi connectivity index (χ1) is 12.8. The van der Waals surface area contributed by atoms with E-state index >= 15 is 0 Å². The van der Waals surface area contributed by atoms with Gasteiger partial charge in [-0.3, -0.25) is 14.4 Å². The fourth-order valence-electron chi connectivity index (χ4n) is 2.62. The van der Waals surface area contributed by atoms with Crippen LogP contribution in [0.2, 0.25) is 0 Å². The van der Waals surface area contributed by atoms with Gasteiger partial charge in [0, 0.05) is 18.8 Å². The van der Waals surface area contributed by atoms with Gasteiger partial charge in [0.05, 0.1) is 11.9 Å². The minimum absolute atomic E-state index is 0.155. The number of halogens is 1. The standard InChI is InChI=1S/C20H17FN2O4/c1-12-6-7-17-15(8-12)16(24)10-18(27-17)20(26)23(2)11-19(25)22-14-5-3-4-13(21)9-14/h3-10H,11H2,1-2H3,(H,22,25). The van der Waals surface area contributed by atoms with Crippen molar-refractivity contribution in [3.8, 4) is 0 Å². The maximum Gasteiger partial charge on any atom is 0.289 e. The lowest BCUT2D eigenvalue weighted by Crippen LogP contribution is -2.35. The third-order valence-corrected chi connectivity index (χ3v) is 3.93. The van der Waals surface area contributed by atoms with Crippen molar-refractivity contribution in [2.75, 3.05) is 18.9 Å². The Labute approximate surface area is 154 Å². The third-order valence-electron chi connectivity index (χ3n) is 3.93. The normalized spacial score (nSPS) is 10.6. The molecule has 138 valence electrons. The van der Waals surface area contributed by atoms with Gasteiger partial charge < -0.3 is 14.6 Å². The predicted molar refractivity (Wildman–Crippen MR) is 99.2 cm³/mol. The van der Waals surface area contributed by atoms with E-state index in [2.05, 4.69) is 5.32 Å². The summed E-state index contributed by atoms with van der Waals surface area (Å²) in [6, 6.07) is 11.6. The molecule has 1 heterocycles. The number of nitrogens with one attached hydrogen (secondary N) is 1. The summed E-state index contributed by atoms with van der Waals surface area (Å²) in [5, 5.41) is 2.89. The van der Waals surface area contributed by atoms with Crippen molar-refractivity contribution in [3.63, 3.8) is 0 Å². The maximum absolute atomic E-state index is 13.2. The van der Waals surface area contributed by atoms with E-state index in [-0.39, 0.29) is 23.4 Å². The Morgan fingerprint density at radius 2 is 1.93 bits per heavy atom. The smallest absolute Gasteiger partial charge is 0.289 e. The molecule has 2 aromatic carbocycles. The van der Waals surface area contributed by atoms with Gasteiger partial charge in [0.15, 0.2) is 11.2 Å². The van der Waals surface area contributed by atoms with Crippen LogP contribution in [0.4, 0.5) is 10.1 Å². The van der Waals surface area contributed by atoms with E-state index in [1.54, 1.807) is 18.2 Å². The number of aryl methyl sites for hydroxylation is 1. The Hall–Kier alpha value is -3.48. The molecule has 0 aliphatic heterocycles. The highest BCUT2D eigenvalue weighted by Gasteiger charge is 2.19. The van der Waals surface area contributed by atoms with Crippen LogP contribution in [0.3, 0.4) is 0 Å². The molecule has 3 aromatic rings. The lowest BCUT2D eigenvalue weighted by atomic mass is 10.1. The molecule has 1 N–H and O–H groups in total. The van der Waals surface area contributed by atoms with Crippen LogP contribution < -0.4 is 10.7 Å². The lowest BCUT2D eigenvalue weighted by Gasteiger charge is -2.16. The van der Waals surface area contributed by atoms with E-state index in [0.29, 0.717) is 11.0 Å². The second-order valence-corrected chi connectivity index (χ2v) is 6.19. The maximum atomic E-state index is 13.2. The molecule has 1 aromatic heterocycles. The summed E-state index contributed by atoms with van der Waals surface area (Å²) in [5.41, 5.74) is 1.16. The van der Waals surface area contributed by atoms with Crippen molar-refractivity contribution in [2.45, 2.75) is 6.92 Å². The van der Waals surface area contributed by atoms with Gasteiger partial charge in [-0.1, -0.05) is 17.7 Å². The quantitative estimate of drug-likeness (QED) is 0.768. The van der Waals surface area contributed by atoms with Crippen molar-refractivity contribution >= 4 is 28.5 Å². The van der Waals surface area contributed by atoms with Gasteiger partial charge in [-0.05, 0) is 37.3 Å². The molecule has 3 rings (SSSR count). The first kappa shape index (κ1) is 18.3. The molecule has 7 heteroatoms. The first-order valence-corrected chi connectivity index (χ1v) is 8.19. The molecule has 0 fully saturated rings. The lowest BCUT2D eigenvalue weighted by molar-refractivity contribution is -0.116. The van der Waals surface area contributed by atoms with Gasteiger partial charge in [0.1, 0.15) is 11.4 Å². The van der Waals surface area contributed by atoms with Gasteiger partial charge >= 0.3 is 0 Å². The highest BCUT2D eigenvalue weighted by atomic mass is 19.1. The summed E-state index contributed by atoms with van der Waals surface area (Å²) < 4.78 is 18.7. The van der Waals surface area contributed by atoms with Gasteiger partial charge in [-0.2, -0.15) is 0 Å². The molecule has 0 unspecified atom stereocenters. The van der Waals surface area contributed by atoms with Gasteiger partial charge in [-0.25, -0.2) is 4.39 Å². The summed E-state index contributed by atoms with van der Waals surface area (Å²) >= 11 is 0. The largest absolute Gasteiger partial charge is 0.451 e. The Morgan fingerprint density at radius 3 is 2.67 bits per heavy atom. The number of benzene rings is 2. The zero-order chi connectivity index (χ0) is 19.6. The van der Waals surface area contributed by atoms with E-state index in [0.717, 1.165) is 16.5 Å². The molecule has 0 aliphatic rings. The van der Waals surface area contributed by atoms with Crippen LogP contribution in [0.5, 0.6) is 0 Å². The van der Waals surface area contributed by atoms with E-state index in [1.807, 2.05) is 6.92 Å². The highest BCUT2D eigenvalue weighted by Crippen LogP contribution is 2.15. The molecule has 0 saturated heterocycles. The minimum Gasteiger partial charge on any atom is -0.451 e. The fourth-order valence-corrected chi connectivity index (χ4v) is 2.62. The molecule has 27 heavy (non-hydrogen) atoms. The molecular weight excluding hydrogens is 351 g/mol. The van der Waals surface area contributed by atoms with Crippen molar-refractivity contribution in [3.05, 3.63) is 75.9 Å². The van der Waals surface area contributed by atoms with Crippen LogP contribution in [0.15, 0.2) is 57.7 Å². The van der Waals surface area contributed by atoms with Crippen molar-refractivity contribution in [1.29, 1.82) is 0 Å². The number of fused-ring (bicyclic) bond motifs is 1. The molecular formula is C20H17FN2O4. The second-order valence-electron chi connectivity index (χ2n) is 6.19. The first-order valence-electron chi connectivity index (χ1n) is 8.19. The summed E-state index contributed by atoms with van der Waals surface area (Å²) in [4.78, 5) is 37.9. The van der Waals surface area contributed by atoms with E-state index in [4.69, 9.17) is 4.42 Å². The average Bonchev–Trinajstić information content (AvgIpc) is 2.61. The number of nitrogens with zero attached hydrogens (tertiary/aromatic N) is 1. The number of hydrogen-bond donors (Lipinski definition) is 1. The van der Waals surface area contributed by atoms with E-state index in [1.165, 1.54) is 31.3 Å². The number of carbonyl (C=O) groups is 2. The number of rotatable bonds is 4. The van der Waals surface area contributed by atoms with Crippen LogP contribution in [0.25, 0.3) is 11.0 Å². The van der Waals surface area contributed by atoms with Gasteiger partial charge in [-0.15, -0.1) is 0 Å². The summed E-state index contributed by atoms with van der Waals surface area (Å²) in [6.07, 6.45) is 0. The Kier molecular flexibility index (Phi) is 5.03. The predicted octanol–water partition coefficient (Wildman–Crippen LogP) is 2.95. The number of likely N-dealkylation sites (N-methyl/N-ethyl adjacent to an activating group) is 1. The number of carbonyl (C=O) groups excluding carboxylic acids is 2. The van der Waals surface area contributed by atoms with Crippen LogP contribution in [-0.2, 0) is 4.79 Å². The molecule has 0 radical (unpaired) electrons. The zero-order valence-electron chi connectivity index (χ0n) is 14.8. The van der Waals surface area contributed by atoms with Crippen LogP contribution in [0, 0.1) is 12.7 Å².